The molecular formula is C21H33IN6O2. The molecule has 1 heterocycles. The second-order valence-electron chi connectivity index (χ2n) is 8.37. The highest BCUT2D eigenvalue weighted by molar-refractivity contribution is 14.0. The molecule has 166 valence electrons. The fraction of sp³-hybridized carbons (Fsp3) is 0.476. The molecule has 3 N–H and O–H groups in total. The van der Waals surface area contributed by atoms with E-state index in [2.05, 4.69) is 26.0 Å². The zero-order valence-electron chi connectivity index (χ0n) is 18.5. The predicted molar refractivity (Wildman–Crippen MR) is 131 cm³/mol. The van der Waals surface area contributed by atoms with Crippen LogP contribution in [-0.4, -0.2) is 46.6 Å². The molecule has 0 bridgehead atoms. The Morgan fingerprint density at radius 3 is 2.43 bits per heavy atom. The van der Waals surface area contributed by atoms with Crippen molar-refractivity contribution in [3.63, 3.8) is 0 Å². The number of benzene rings is 1. The molecule has 2 aromatic rings. The molecule has 9 heteroatoms. The third-order valence-electron chi connectivity index (χ3n) is 3.95. The van der Waals surface area contributed by atoms with Crippen LogP contribution in [0.4, 0.5) is 4.79 Å². The van der Waals surface area contributed by atoms with Crippen LogP contribution in [0, 0.1) is 0 Å². The summed E-state index contributed by atoms with van der Waals surface area (Å²) < 4.78 is 7.16. The summed E-state index contributed by atoms with van der Waals surface area (Å²) in [6, 6.07) is 9.94. The van der Waals surface area contributed by atoms with Gasteiger partial charge in [-0.05, 0) is 52.3 Å². The van der Waals surface area contributed by atoms with Gasteiger partial charge in [0.2, 0.25) is 0 Å². The average molecular weight is 528 g/mol. The fourth-order valence-corrected chi connectivity index (χ4v) is 2.62. The average Bonchev–Trinajstić information content (AvgIpc) is 3.14. The van der Waals surface area contributed by atoms with E-state index in [4.69, 9.17) is 4.74 Å². The normalized spacial score (nSPS) is 12.0. The second kappa shape index (κ2) is 11.2. The lowest BCUT2D eigenvalue weighted by Gasteiger charge is -2.29. The standard InChI is InChI=1S/C21H32N6O2.HI/c1-20(2,3)29-19(28)26-21(4,5)15-24-18(22-6)23-14-16-10-7-8-11-17(16)27-13-9-12-25-27;/h7-13H,14-15H2,1-6H3,(H,26,28)(H2,22,23,24);1H. The first-order chi connectivity index (χ1) is 13.6. The molecule has 0 aliphatic rings. The number of amides is 1. The third kappa shape index (κ3) is 8.60. The summed E-state index contributed by atoms with van der Waals surface area (Å²) in [6.07, 6.45) is 3.22. The summed E-state index contributed by atoms with van der Waals surface area (Å²) in [5, 5.41) is 13.7. The van der Waals surface area contributed by atoms with Crippen LogP contribution in [0.15, 0.2) is 47.7 Å². The van der Waals surface area contributed by atoms with Gasteiger partial charge in [-0.1, -0.05) is 18.2 Å². The predicted octanol–water partition coefficient (Wildman–Crippen LogP) is 3.46. The van der Waals surface area contributed by atoms with Crippen molar-refractivity contribution in [1.82, 2.24) is 25.7 Å². The summed E-state index contributed by atoms with van der Waals surface area (Å²) in [7, 11) is 1.71. The molecule has 0 fully saturated rings. The van der Waals surface area contributed by atoms with Gasteiger partial charge < -0.3 is 20.7 Å². The monoisotopic (exact) mass is 528 g/mol. The number of ether oxygens (including phenoxy) is 1. The van der Waals surface area contributed by atoms with Gasteiger partial charge in [0.1, 0.15) is 5.60 Å². The van der Waals surface area contributed by atoms with Gasteiger partial charge in [0.05, 0.1) is 11.2 Å². The minimum absolute atomic E-state index is 0. The van der Waals surface area contributed by atoms with Crippen LogP contribution in [0.5, 0.6) is 0 Å². The lowest BCUT2D eigenvalue weighted by atomic mass is 10.1. The molecule has 0 radical (unpaired) electrons. The van der Waals surface area contributed by atoms with E-state index in [9.17, 15) is 4.79 Å². The number of rotatable bonds is 6. The molecule has 0 atom stereocenters. The number of aliphatic imine (C=N–C) groups is 1. The number of carbonyl (C=O) groups excluding carboxylic acids is 1. The van der Waals surface area contributed by atoms with E-state index < -0.39 is 17.2 Å². The number of aromatic nitrogens is 2. The number of hydrogen-bond donors (Lipinski definition) is 3. The first kappa shape index (κ1) is 25.7. The Hall–Kier alpha value is -2.30. The van der Waals surface area contributed by atoms with Gasteiger partial charge in [0.15, 0.2) is 5.96 Å². The Labute approximate surface area is 195 Å². The number of guanidine groups is 1. The Morgan fingerprint density at radius 1 is 1.13 bits per heavy atom. The fourth-order valence-electron chi connectivity index (χ4n) is 2.62. The van der Waals surface area contributed by atoms with Crippen LogP contribution in [0.2, 0.25) is 0 Å². The lowest BCUT2D eigenvalue weighted by Crippen LogP contribution is -2.54. The molecular weight excluding hydrogens is 495 g/mol. The Kier molecular flexibility index (Phi) is 9.60. The van der Waals surface area contributed by atoms with Gasteiger partial charge >= 0.3 is 6.09 Å². The summed E-state index contributed by atoms with van der Waals surface area (Å²) >= 11 is 0. The molecule has 0 spiro atoms. The van der Waals surface area contributed by atoms with Gasteiger partial charge in [0.25, 0.3) is 0 Å². The van der Waals surface area contributed by atoms with E-state index >= 15 is 0 Å². The maximum Gasteiger partial charge on any atom is 0.408 e. The lowest BCUT2D eigenvalue weighted by molar-refractivity contribution is 0.0474. The summed E-state index contributed by atoms with van der Waals surface area (Å²) in [5.41, 5.74) is 1.04. The molecule has 30 heavy (non-hydrogen) atoms. The zero-order chi connectivity index (χ0) is 21.5. The van der Waals surface area contributed by atoms with Crippen LogP contribution >= 0.6 is 24.0 Å². The van der Waals surface area contributed by atoms with Gasteiger partial charge in [0, 0.05) is 32.5 Å². The van der Waals surface area contributed by atoms with Crippen molar-refractivity contribution in [2.75, 3.05) is 13.6 Å². The van der Waals surface area contributed by atoms with E-state index in [0.717, 1.165) is 11.3 Å². The number of halogens is 1. The summed E-state index contributed by atoms with van der Waals surface area (Å²) in [4.78, 5) is 16.3. The minimum atomic E-state index is -0.535. The van der Waals surface area contributed by atoms with Crippen LogP contribution in [0.1, 0.15) is 40.2 Å². The van der Waals surface area contributed by atoms with Gasteiger partial charge in [-0.3, -0.25) is 4.99 Å². The van der Waals surface area contributed by atoms with Gasteiger partial charge in [-0.25, -0.2) is 9.48 Å². The highest BCUT2D eigenvalue weighted by Crippen LogP contribution is 2.13. The van der Waals surface area contributed by atoms with Crippen molar-refractivity contribution < 1.29 is 9.53 Å². The highest BCUT2D eigenvalue weighted by Gasteiger charge is 2.24. The van der Waals surface area contributed by atoms with E-state index in [1.54, 1.807) is 13.2 Å². The van der Waals surface area contributed by atoms with Gasteiger partial charge in [-0.15, -0.1) is 24.0 Å². The summed E-state index contributed by atoms with van der Waals surface area (Å²) in [5.74, 6) is 0.638. The van der Waals surface area contributed by atoms with Crippen LogP contribution in [0.3, 0.4) is 0 Å². The maximum absolute atomic E-state index is 12.0. The topological polar surface area (TPSA) is 92.6 Å². The number of para-hydroxylation sites is 1. The van der Waals surface area contributed by atoms with Crippen LogP contribution in [-0.2, 0) is 11.3 Å². The molecule has 0 unspecified atom stereocenters. The number of nitrogens with one attached hydrogen (secondary N) is 3. The number of hydrogen-bond acceptors (Lipinski definition) is 4. The van der Waals surface area contributed by atoms with E-state index in [-0.39, 0.29) is 24.0 Å². The maximum atomic E-state index is 12.0. The molecule has 0 saturated heterocycles. The van der Waals surface area contributed by atoms with Gasteiger partial charge in [-0.2, -0.15) is 5.10 Å². The number of alkyl carbamates (subject to hydrolysis) is 1. The molecule has 1 amide bonds. The smallest absolute Gasteiger partial charge is 0.408 e. The molecule has 2 rings (SSSR count). The minimum Gasteiger partial charge on any atom is -0.444 e. The van der Waals surface area contributed by atoms with Crippen LogP contribution in [0.25, 0.3) is 5.69 Å². The van der Waals surface area contributed by atoms with E-state index in [1.807, 2.05) is 75.8 Å². The largest absolute Gasteiger partial charge is 0.444 e. The first-order valence-electron chi connectivity index (χ1n) is 9.63. The number of carbonyl (C=O) groups is 1. The Morgan fingerprint density at radius 2 is 1.83 bits per heavy atom. The third-order valence-corrected chi connectivity index (χ3v) is 3.95. The Bertz CT molecular complexity index is 828. The van der Waals surface area contributed by atoms with Crippen molar-refractivity contribution in [2.24, 2.45) is 4.99 Å². The second-order valence-corrected chi connectivity index (χ2v) is 8.37. The van der Waals surface area contributed by atoms with Crippen molar-refractivity contribution in [3.8, 4) is 5.69 Å². The highest BCUT2D eigenvalue weighted by atomic mass is 127. The molecule has 1 aromatic heterocycles. The van der Waals surface area contributed by atoms with Crippen molar-refractivity contribution in [1.29, 1.82) is 0 Å². The zero-order valence-corrected chi connectivity index (χ0v) is 20.9. The van der Waals surface area contributed by atoms with Crippen LogP contribution < -0.4 is 16.0 Å². The summed E-state index contributed by atoms with van der Waals surface area (Å²) in [6.45, 7) is 10.4. The molecule has 1 aromatic carbocycles. The van der Waals surface area contributed by atoms with E-state index in [1.165, 1.54) is 0 Å². The van der Waals surface area contributed by atoms with Crippen molar-refractivity contribution in [2.45, 2.75) is 52.3 Å². The quantitative estimate of drug-likeness (QED) is 0.304. The SMILES string of the molecule is CN=C(NCc1ccccc1-n1cccn1)NCC(C)(C)NC(=O)OC(C)(C)C.I. The number of nitrogens with zero attached hydrogens (tertiary/aromatic N) is 3. The molecule has 8 nitrogen and oxygen atoms in total. The first-order valence-corrected chi connectivity index (χ1v) is 9.63. The molecule has 0 aliphatic heterocycles. The molecule has 0 saturated carbocycles. The van der Waals surface area contributed by atoms with Crippen molar-refractivity contribution >= 4 is 36.0 Å². The molecule has 0 aliphatic carbocycles. The van der Waals surface area contributed by atoms with E-state index in [0.29, 0.717) is 19.0 Å². The Balaban J connectivity index is 0.00000450. The van der Waals surface area contributed by atoms with Crippen molar-refractivity contribution in [3.05, 3.63) is 48.3 Å².